The third kappa shape index (κ3) is 3.38. The minimum Gasteiger partial charge on any atom is -0.347 e. The van der Waals surface area contributed by atoms with Crippen molar-refractivity contribution in [1.82, 2.24) is 15.5 Å². The molecule has 1 heterocycles. The highest BCUT2D eigenvalue weighted by Gasteiger charge is 2.06. The molecule has 5 nitrogen and oxygen atoms in total. The van der Waals surface area contributed by atoms with Crippen molar-refractivity contribution in [2.24, 2.45) is 0 Å². The standard InChI is InChI=1S/C12H12FN3O2/c1-8-15-12(18-16-8)7-14-11(17)6-9-2-4-10(13)5-3-9/h2-5H,6-7H2,1H3,(H,14,17). The first kappa shape index (κ1) is 12.2. The third-order valence-corrected chi connectivity index (χ3v) is 2.28. The fourth-order valence-electron chi connectivity index (χ4n) is 1.44. The summed E-state index contributed by atoms with van der Waals surface area (Å²) >= 11 is 0. The zero-order chi connectivity index (χ0) is 13.0. The predicted molar refractivity (Wildman–Crippen MR) is 61.0 cm³/mol. The zero-order valence-corrected chi connectivity index (χ0v) is 9.81. The minimum absolute atomic E-state index is 0.183. The first-order valence-corrected chi connectivity index (χ1v) is 5.44. The summed E-state index contributed by atoms with van der Waals surface area (Å²) in [5, 5.41) is 6.26. The molecule has 0 radical (unpaired) electrons. The van der Waals surface area contributed by atoms with E-state index in [1.165, 1.54) is 12.1 Å². The fraction of sp³-hybridized carbons (Fsp3) is 0.250. The van der Waals surface area contributed by atoms with E-state index in [-0.39, 0.29) is 24.7 Å². The molecular formula is C12H12FN3O2. The van der Waals surface area contributed by atoms with Gasteiger partial charge in [-0.15, -0.1) is 0 Å². The summed E-state index contributed by atoms with van der Waals surface area (Å²) in [6, 6.07) is 5.80. The molecule has 0 saturated heterocycles. The lowest BCUT2D eigenvalue weighted by atomic mass is 10.1. The molecule has 1 aromatic carbocycles. The van der Waals surface area contributed by atoms with E-state index in [1.807, 2.05) is 0 Å². The number of carbonyl (C=O) groups is 1. The molecule has 0 atom stereocenters. The van der Waals surface area contributed by atoms with Gasteiger partial charge in [0.1, 0.15) is 5.82 Å². The summed E-state index contributed by atoms with van der Waals surface area (Å²) in [5.41, 5.74) is 0.746. The van der Waals surface area contributed by atoms with Gasteiger partial charge in [-0.25, -0.2) is 4.39 Å². The molecule has 1 amide bonds. The maximum absolute atomic E-state index is 12.7. The summed E-state index contributed by atoms with van der Waals surface area (Å²) in [6.45, 7) is 1.90. The van der Waals surface area contributed by atoms with Gasteiger partial charge in [-0.1, -0.05) is 17.3 Å². The van der Waals surface area contributed by atoms with Gasteiger partial charge >= 0.3 is 0 Å². The second-order valence-corrected chi connectivity index (χ2v) is 3.82. The molecule has 18 heavy (non-hydrogen) atoms. The summed E-state index contributed by atoms with van der Waals surface area (Å²) < 4.78 is 17.5. The average molecular weight is 249 g/mol. The highest BCUT2D eigenvalue weighted by atomic mass is 19.1. The second-order valence-electron chi connectivity index (χ2n) is 3.82. The second kappa shape index (κ2) is 5.39. The van der Waals surface area contributed by atoms with Gasteiger partial charge in [-0.2, -0.15) is 4.98 Å². The largest absolute Gasteiger partial charge is 0.347 e. The Bertz CT molecular complexity index is 537. The Kier molecular flexibility index (Phi) is 3.66. The van der Waals surface area contributed by atoms with Crippen molar-refractivity contribution in [2.75, 3.05) is 0 Å². The molecule has 0 aliphatic carbocycles. The van der Waals surface area contributed by atoms with E-state index in [0.717, 1.165) is 5.56 Å². The molecule has 0 spiro atoms. The van der Waals surface area contributed by atoms with Gasteiger partial charge in [0.05, 0.1) is 13.0 Å². The van der Waals surface area contributed by atoms with Gasteiger partial charge < -0.3 is 9.84 Å². The Morgan fingerprint density at radius 1 is 1.39 bits per heavy atom. The Morgan fingerprint density at radius 3 is 2.72 bits per heavy atom. The van der Waals surface area contributed by atoms with Crippen LogP contribution in [0.4, 0.5) is 4.39 Å². The SMILES string of the molecule is Cc1noc(CNC(=O)Cc2ccc(F)cc2)n1. The number of rotatable bonds is 4. The Hall–Kier alpha value is -2.24. The van der Waals surface area contributed by atoms with Crippen LogP contribution in [0.2, 0.25) is 0 Å². The molecule has 0 aliphatic rings. The summed E-state index contributed by atoms with van der Waals surface area (Å²) in [4.78, 5) is 15.5. The van der Waals surface area contributed by atoms with Crippen LogP contribution in [0.5, 0.6) is 0 Å². The summed E-state index contributed by atoms with van der Waals surface area (Å²) in [5.74, 6) is 0.385. The van der Waals surface area contributed by atoms with Crippen LogP contribution in [0.3, 0.4) is 0 Å². The molecule has 6 heteroatoms. The molecule has 0 saturated carbocycles. The number of halogens is 1. The number of hydrogen-bond acceptors (Lipinski definition) is 4. The molecule has 1 N–H and O–H groups in total. The number of aromatic nitrogens is 2. The van der Waals surface area contributed by atoms with Crippen molar-refractivity contribution in [1.29, 1.82) is 0 Å². The van der Waals surface area contributed by atoms with Crippen LogP contribution in [0.1, 0.15) is 17.3 Å². The van der Waals surface area contributed by atoms with Gasteiger partial charge in [0.25, 0.3) is 0 Å². The van der Waals surface area contributed by atoms with E-state index in [1.54, 1.807) is 19.1 Å². The van der Waals surface area contributed by atoms with Crippen molar-refractivity contribution < 1.29 is 13.7 Å². The minimum atomic E-state index is -0.319. The number of amides is 1. The zero-order valence-electron chi connectivity index (χ0n) is 9.81. The Morgan fingerprint density at radius 2 is 2.11 bits per heavy atom. The predicted octanol–water partition coefficient (Wildman–Crippen LogP) is 1.38. The maximum Gasteiger partial charge on any atom is 0.246 e. The quantitative estimate of drug-likeness (QED) is 0.888. The molecule has 2 aromatic rings. The van der Waals surface area contributed by atoms with Crippen LogP contribution in [0.15, 0.2) is 28.8 Å². The molecule has 0 fully saturated rings. The number of aryl methyl sites for hydroxylation is 1. The molecular weight excluding hydrogens is 237 g/mol. The van der Waals surface area contributed by atoms with Crippen LogP contribution in [-0.4, -0.2) is 16.0 Å². The number of benzene rings is 1. The molecule has 0 unspecified atom stereocenters. The Labute approximate surface area is 103 Å². The van der Waals surface area contributed by atoms with Crippen LogP contribution in [0, 0.1) is 12.7 Å². The first-order chi connectivity index (χ1) is 8.63. The van der Waals surface area contributed by atoms with E-state index >= 15 is 0 Å². The van der Waals surface area contributed by atoms with Crippen molar-refractivity contribution >= 4 is 5.91 Å². The van der Waals surface area contributed by atoms with Crippen molar-refractivity contribution in [3.8, 4) is 0 Å². The van der Waals surface area contributed by atoms with Gasteiger partial charge in [-0.3, -0.25) is 4.79 Å². The van der Waals surface area contributed by atoms with Crippen LogP contribution in [-0.2, 0) is 17.8 Å². The lowest BCUT2D eigenvalue weighted by Crippen LogP contribution is -2.24. The van der Waals surface area contributed by atoms with Gasteiger partial charge in [0.2, 0.25) is 11.8 Å². The Balaban J connectivity index is 1.83. The molecule has 1 aromatic heterocycles. The summed E-state index contributed by atoms with van der Waals surface area (Å²) in [7, 11) is 0. The molecule has 0 aliphatic heterocycles. The number of hydrogen-bond donors (Lipinski definition) is 1. The summed E-state index contributed by atoms with van der Waals surface area (Å²) in [6.07, 6.45) is 0.188. The van der Waals surface area contributed by atoms with Crippen molar-refractivity contribution in [2.45, 2.75) is 19.9 Å². The van der Waals surface area contributed by atoms with Crippen LogP contribution in [0.25, 0.3) is 0 Å². The average Bonchev–Trinajstić information content (AvgIpc) is 2.76. The van der Waals surface area contributed by atoms with Crippen LogP contribution >= 0.6 is 0 Å². The number of nitrogens with one attached hydrogen (secondary N) is 1. The molecule has 2 rings (SSSR count). The maximum atomic E-state index is 12.7. The first-order valence-electron chi connectivity index (χ1n) is 5.44. The van der Waals surface area contributed by atoms with E-state index < -0.39 is 0 Å². The smallest absolute Gasteiger partial charge is 0.246 e. The van der Waals surface area contributed by atoms with E-state index in [9.17, 15) is 9.18 Å². The van der Waals surface area contributed by atoms with E-state index in [2.05, 4.69) is 15.5 Å². The van der Waals surface area contributed by atoms with E-state index in [0.29, 0.717) is 11.7 Å². The van der Waals surface area contributed by atoms with Gasteiger partial charge in [-0.05, 0) is 24.6 Å². The van der Waals surface area contributed by atoms with Crippen LogP contribution < -0.4 is 5.32 Å². The van der Waals surface area contributed by atoms with Crippen molar-refractivity contribution in [3.05, 3.63) is 47.4 Å². The normalized spacial score (nSPS) is 10.3. The monoisotopic (exact) mass is 249 g/mol. The van der Waals surface area contributed by atoms with Crippen molar-refractivity contribution in [3.63, 3.8) is 0 Å². The van der Waals surface area contributed by atoms with Gasteiger partial charge in [0.15, 0.2) is 5.82 Å². The number of carbonyl (C=O) groups excluding carboxylic acids is 1. The highest BCUT2D eigenvalue weighted by molar-refractivity contribution is 5.78. The lowest BCUT2D eigenvalue weighted by molar-refractivity contribution is -0.120. The number of nitrogens with zero attached hydrogens (tertiary/aromatic N) is 2. The molecule has 94 valence electrons. The topological polar surface area (TPSA) is 68.0 Å². The molecule has 0 bridgehead atoms. The lowest BCUT2D eigenvalue weighted by Gasteiger charge is -2.02. The van der Waals surface area contributed by atoms with E-state index in [4.69, 9.17) is 4.52 Å². The van der Waals surface area contributed by atoms with Gasteiger partial charge in [0, 0.05) is 0 Å². The fourth-order valence-corrected chi connectivity index (χ4v) is 1.44. The third-order valence-electron chi connectivity index (χ3n) is 2.28. The highest BCUT2D eigenvalue weighted by Crippen LogP contribution is 2.03.